The first kappa shape index (κ1) is 44.8. The number of aryl methyl sites for hydroxylation is 2. The maximum Gasteiger partial charge on any atom is 2.00 e. The van der Waals surface area contributed by atoms with E-state index in [-0.39, 0.29) is 17.1 Å². The van der Waals surface area contributed by atoms with E-state index in [4.69, 9.17) is 45.4 Å². The van der Waals surface area contributed by atoms with Crippen LogP contribution in [0.2, 0.25) is 0 Å². The Morgan fingerprint density at radius 2 is 1.00 bits per heavy atom. The van der Waals surface area contributed by atoms with Crippen LogP contribution in [0.3, 0.4) is 0 Å². The summed E-state index contributed by atoms with van der Waals surface area (Å²) in [5.41, 5.74) is -4.45. The van der Waals surface area contributed by atoms with Gasteiger partial charge in [0, 0.05) is 59.8 Å². The van der Waals surface area contributed by atoms with Gasteiger partial charge in [-0.15, -0.1) is 0 Å². The zero-order valence-electron chi connectivity index (χ0n) is 27.5. The Morgan fingerprint density at radius 1 is 0.714 bits per heavy atom. The zero-order chi connectivity index (χ0) is 36.8. The molecule has 49 heavy (non-hydrogen) atoms. The minimum atomic E-state index is -6.09. The quantitative estimate of drug-likeness (QED) is 0.168. The molecule has 0 N–H and O–H groups in total. The fourth-order valence-electron chi connectivity index (χ4n) is 5.81. The molecule has 0 saturated carbocycles. The Hall–Kier alpha value is -2.26. The average molecular weight is 792 g/mol. The topological polar surface area (TPSA) is 165 Å². The van der Waals surface area contributed by atoms with Crippen molar-refractivity contribution in [2.24, 2.45) is 0 Å². The van der Waals surface area contributed by atoms with Crippen LogP contribution in [-0.4, -0.2) is 96.1 Å². The molecule has 2 atom stereocenters. The number of alkyl halides is 6. The summed E-state index contributed by atoms with van der Waals surface area (Å²) in [5, 5.41) is 0. The van der Waals surface area contributed by atoms with Crippen LogP contribution in [0.15, 0.2) is 12.4 Å². The van der Waals surface area contributed by atoms with Gasteiger partial charge in [0.1, 0.15) is 11.5 Å². The van der Waals surface area contributed by atoms with Gasteiger partial charge in [-0.05, 0) is 66.5 Å². The van der Waals surface area contributed by atoms with E-state index in [1.165, 1.54) is 36.8 Å². The largest absolute Gasteiger partial charge is 2.00 e. The van der Waals surface area contributed by atoms with Crippen molar-refractivity contribution in [3.05, 3.63) is 46.0 Å². The van der Waals surface area contributed by atoms with Crippen molar-refractivity contribution in [3.8, 4) is 11.5 Å². The number of halogens is 6. The third-order valence-corrected chi connectivity index (χ3v) is 9.18. The smallest absolute Gasteiger partial charge is 0.741 e. The van der Waals surface area contributed by atoms with Crippen molar-refractivity contribution in [3.63, 3.8) is 0 Å². The van der Waals surface area contributed by atoms with Gasteiger partial charge in [-0.2, -0.15) is 26.3 Å². The van der Waals surface area contributed by atoms with Gasteiger partial charge in [0.25, 0.3) is 0 Å². The molecule has 0 unspecified atom stereocenters. The molecule has 279 valence electrons. The van der Waals surface area contributed by atoms with Crippen molar-refractivity contribution < 1.29 is 78.8 Å². The standard InChI is InChI=1S/C26H38N4O2.2CHF3O3S.Mn/c1-17-13-27-21(19(3)25(17)31-5)15-29-11-7-9-23(29)24-10-8-12-30(24)16-22-20(4)26(32-6)18(2)14-28-22;2*2-1(3,4)8(5,6)7;/h13-14,23-24H,7-12,15-16H2,1-6H3;2*(H,5,6,7);/q;;;+2/p-2/t23-,24-;;;/m0.../s1. The summed E-state index contributed by atoms with van der Waals surface area (Å²) in [5.74, 6) is 1.95. The molecule has 4 heterocycles. The van der Waals surface area contributed by atoms with E-state index < -0.39 is 31.3 Å². The molecule has 2 aromatic rings. The molecule has 0 aliphatic carbocycles. The number of aromatic nitrogens is 2. The molecule has 12 nitrogen and oxygen atoms in total. The van der Waals surface area contributed by atoms with Crippen molar-refractivity contribution >= 4 is 20.2 Å². The molecular formula is C28H38F6MnN4O8S2. The Balaban J connectivity index is 0.000000588. The van der Waals surface area contributed by atoms with E-state index in [0.717, 1.165) is 60.2 Å². The first-order valence-electron chi connectivity index (χ1n) is 14.4. The minimum Gasteiger partial charge on any atom is -0.741 e. The van der Waals surface area contributed by atoms with Crippen LogP contribution >= 0.6 is 0 Å². The Bertz CT molecular complexity index is 1510. The van der Waals surface area contributed by atoms with Crippen LogP contribution < -0.4 is 9.47 Å². The fourth-order valence-corrected chi connectivity index (χ4v) is 5.81. The number of likely N-dealkylation sites (tertiary alicyclic amines) is 2. The van der Waals surface area contributed by atoms with Gasteiger partial charge in [-0.25, -0.2) is 16.8 Å². The van der Waals surface area contributed by atoms with E-state index in [0.29, 0.717) is 12.1 Å². The molecule has 0 amide bonds. The van der Waals surface area contributed by atoms with Crippen LogP contribution in [-0.2, 0) is 50.4 Å². The van der Waals surface area contributed by atoms with Crippen molar-refractivity contribution in [1.82, 2.24) is 19.8 Å². The fraction of sp³-hybridized carbons (Fsp3) is 0.643. The SMILES string of the molecule is COc1c(C)cnc(CN2CCC[C@H]2[C@@H]2CCCN2Cc2ncc(C)c(OC)c2C)c1C.O=S(=O)([O-])C(F)(F)F.O=S(=O)([O-])C(F)(F)F.[Mn+2]. The van der Waals surface area contributed by atoms with Crippen LogP contribution in [0.5, 0.6) is 11.5 Å². The Kier molecular flexibility index (Phi) is 16.3. The van der Waals surface area contributed by atoms with Gasteiger partial charge >= 0.3 is 28.1 Å². The third-order valence-electron chi connectivity index (χ3n) is 8.04. The van der Waals surface area contributed by atoms with Gasteiger partial charge in [0.05, 0.1) is 25.6 Å². The second kappa shape index (κ2) is 17.8. The van der Waals surface area contributed by atoms with Gasteiger partial charge in [-0.1, -0.05) is 0 Å². The predicted molar refractivity (Wildman–Crippen MR) is 159 cm³/mol. The van der Waals surface area contributed by atoms with Crippen LogP contribution in [0.4, 0.5) is 26.3 Å². The zero-order valence-corrected chi connectivity index (χ0v) is 30.3. The first-order chi connectivity index (χ1) is 21.9. The Morgan fingerprint density at radius 3 is 1.24 bits per heavy atom. The molecule has 21 heteroatoms. The molecule has 4 rings (SSSR count). The first-order valence-corrected chi connectivity index (χ1v) is 17.3. The second-order valence-corrected chi connectivity index (χ2v) is 14.0. The van der Waals surface area contributed by atoms with Gasteiger partial charge < -0.3 is 18.6 Å². The van der Waals surface area contributed by atoms with Gasteiger partial charge in [0.15, 0.2) is 20.2 Å². The van der Waals surface area contributed by atoms with Crippen LogP contribution in [0.25, 0.3) is 0 Å². The number of pyridine rings is 2. The predicted octanol–water partition coefficient (Wildman–Crippen LogP) is 4.46. The molecule has 2 fully saturated rings. The maximum absolute atomic E-state index is 10.7. The molecule has 2 saturated heterocycles. The number of nitrogens with zero attached hydrogens (tertiary/aromatic N) is 4. The average Bonchev–Trinajstić information content (AvgIpc) is 3.60. The molecule has 2 aliphatic heterocycles. The normalized spacial score (nSPS) is 18.9. The summed E-state index contributed by atoms with van der Waals surface area (Å²) in [7, 11) is -8.67. The van der Waals surface area contributed by atoms with Crippen molar-refractivity contribution in [2.75, 3.05) is 27.3 Å². The Labute approximate surface area is 292 Å². The van der Waals surface area contributed by atoms with Gasteiger partial charge in [-0.3, -0.25) is 19.8 Å². The number of hydrogen-bond acceptors (Lipinski definition) is 12. The van der Waals surface area contributed by atoms with E-state index in [2.05, 4.69) is 37.5 Å². The van der Waals surface area contributed by atoms with Crippen LogP contribution in [0, 0.1) is 27.7 Å². The van der Waals surface area contributed by atoms with Crippen LogP contribution in [0.1, 0.15) is 59.3 Å². The van der Waals surface area contributed by atoms with E-state index in [1.54, 1.807) is 14.2 Å². The molecule has 2 aromatic heterocycles. The number of rotatable bonds is 7. The summed E-state index contributed by atoms with van der Waals surface area (Å²) < 4.78 is 129. The number of ether oxygens (including phenoxy) is 2. The number of methoxy groups -OCH3 is 2. The van der Waals surface area contributed by atoms with E-state index >= 15 is 0 Å². The maximum atomic E-state index is 10.7. The summed E-state index contributed by atoms with van der Waals surface area (Å²) >= 11 is 0. The molecular weight excluding hydrogens is 753 g/mol. The third kappa shape index (κ3) is 11.9. The molecule has 1 radical (unpaired) electrons. The van der Waals surface area contributed by atoms with E-state index in [9.17, 15) is 26.3 Å². The summed E-state index contributed by atoms with van der Waals surface area (Å²) in [6.07, 6.45) is 8.93. The van der Waals surface area contributed by atoms with Crippen molar-refractivity contribution in [2.45, 2.75) is 89.6 Å². The molecule has 2 aliphatic rings. The minimum absolute atomic E-state index is 0. The summed E-state index contributed by atoms with van der Waals surface area (Å²) in [4.78, 5) is 14.9. The monoisotopic (exact) mass is 791 g/mol. The molecule has 0 aromatic carbocycles. The van der Waals surface area contributed by atoms with Crippen molar-refractivity contribution in [1.29, 1.82) is 0 Å². The summed E-state index contributed by atoms with van der Waals surface area (Å²) in [6, 6.07) is 1.14. The van der Waals surface area contributed by atoms with Gasteiger partial charge in [0.2, 0.25) is 0 Å². The van der Waals surface area contributed by atoms with E-state index in [1.807, 2.05) is 12.4 Å². The molecule has 0 spiro atoms. The summed E-state index contributed by atoms with van der Waals surface area (Å²) in [6.45, 7) is 12.5. The second-order valence-electron chi connectivity index (χ2n) is 11.3. The number of hydrogen-bond donors (Lipinski definition) is 0. The molecule has 0 bridgehead atoms.